The Morgan fingerprint density at radius 1 is 1.19 bits per heavy atom. The van der Waals surface area contributed by atoms with E-state index >= 15 is 4.39 Å². The number of hydrogen-bond donors (Lipinski definition) is 1. The predicted molar refractivity (Wildman–Crippen MR) is 147 cm³/mol. The van der Waals surface area contributed by atoms with E-state index in [9.17, 15) is 14.0 Å². The van der Waals surface area contributed by atoms with Crippen LogP contribution in [0.25, 0.3) is 11.1 Å². The van der Waals surface area contributed by atoms with Crippen LogP contribution in [0.15, 0.2) is 45.4 Å². The van der Waals surface area contributed by atoms with Crippen LogP contribution in [0.3, 0.4) is 0 Å². The predicted octanol–water partition coefficient (Wildman–Crippen LogP) is 5.10. The van der Waals surface area contributed by atoms with Crippen LogP contribution >= 0.6 is 0 Å². The molecule has 3 heterocycles. The molecule has 1 saturated heterocycles. The van der Waals surface area contributed by atoms with Gasteiger partial charge in [0.05, 0.1) is 32.5 Å². The molecule has 1 fully saturated rings. The van der Waals surface area contributed by atoms with Gasteiger partial charge in [-0.3, -0.25) is 9.59 Å². The van der Waals surface area contributed by atoms with E-state index < -0.39 is 24.0 Å². The summed E-state index contributed by atoms with van der Waals surface area (Å²) in [5.74, 6) is -1.00. The summed E-state index contributed by atoms with van der Waals surface area (Å²) in [6.45, 7) is 2.24. The monoisotopic (exact) mass is 584 g/mol. The van der Waals surface area contributed by atoms with E-state index in [2.05, 4.69) is 20.0 Å². The molecule has 2 aromatic heterocycles. The number of aromatic nitrogens is 2. The van der Waals surface area contributed by atoms with Gasteiger partial charge in [-0.25, -0.2) is 13.8 Å². The topological polar surface area (TPSA) is 129 Å². The minimum atomic E-state index is -0.841. The molecule has 0 bridgehead atoms. The van der Waals surface area contributed by atoms with Gasteiger partial charge in [0.15, 0.2) is 17.2 Å². The third-order valence-corrected chi connectivity index (χ3v) is 6.95. The third-order valence-electron chi connectivity index (χ3n) is 6.95. The van der Waals surface area contributed by atoms with E-state index in [0.29, 0.717) is 36.9 Å². The maximum absolute atomic E-state index is 15.4. The minimum Gasteiger partial charge on any atom is -0.495 e. The van der Waals surface area contributed by atoms with Gasteiger partial charge in [0, 0.05) is 25.5 Å². The standard InChI is InChI=1S/C29H30F2N4O7/c1-16(40-24-5-4-12-35(24)29-32-15-19(41-29)8-11-25(37)39-3)22(36)13-17-6-9-20-27(26(17)31)42-28(33-20)34-21-14-18(30)7-10-23(21)38-2/h6-7,9-10,14-16,24H,4-5,8,11-13H2,1-3H3,(H,33,34)/t16?,24-/m0/s1. The van der Waals surface area contributed by atoms with Gasteiger partial charge in [0.25, 0.3) is 12.0 Å². The lowest BCUT2D eigenvalue weighted by Gasteiger charge is -2.25. The van der Waals surface area contributed by atoms with Crippen molar-refractivity contribution in [1.82, 2.24) is 9.97 Å². The van der Waals surface area contributed by atoms with Crippen molar-refractivity contribution < 1.29 is 41.4 Å². The highest BCUT2D eigenvalue weighted by Gasteiger charge is 2.32. The van der Waals surface area contributed by atoms with Gasteiger partial charge in [-0.05, 0) is 43.5 Å². The number of hydrogen-bond acceptors (Lipinski definition) is 11. The number of esters is 1. The van der Waals surface area contributed by atoms with E-state index in [-0.39, 0.29) is 53.0 Å². The van der Waals surface area contributed by atoms with Gasteiger partial charge >= 0.3 is 5.97 Å². The molecule has 222 valence electrons. The quantitative estimate of drug-likeness (QED) is 0.223. The number of halogens is 2. The van der Waals surface area contributed by atoms with Gasteiger partial charge in [-0.15, -0.1) is 0 Å². The molecule has 5 rings (SSSR count). The minimum absolute atomic E-state index is 0.0608. The Hall–Kier alpha value is -4.52. The van der Waals surface area contributed by atoms with E-state index in [1.807, 2.05) is 4.90 Å². The molecule has 2 aromatic carbocycles. The van der Waals surface area contributed by atoms with Gasteiger partial charge in [-0.1, -0.05) is 6.07 Å². The Bertz CT molecular complexity index is 1590. The van der Waals surface area contributed by atoms with Crippen LogP contribution < -0.4 is 15.0 Å². The summed E-state index contributed by atoms with van der Waals surface area (Å²) in [6, 6.07) is 7.19. The number of Topliss-reactive ketones (excluding diaryl/α,β-unsaturated/α-hetero) is 1. The second-order valence-electron chi connectivity index (χ2n) is 9.77. The van der Waals surface area contributed by atoms with Crippen molar-refractivity contribution in [3.05, 3.63) is 59.5 Å². The number of methoxy groups -OCH3 is 2. The SMILES string of the molecule is COC(=O)CCc1cnc(N2CCC[C@@H]2OC(C)C(=O)Cc2ccc3nc(Nc4cc(F)ccc4OC)oc3c2F)o1. The van der Waals surface area contributed by atoms with Gasteiger partial charge < -0.3 is 33.3 Å². The fraction of sp³-hybridized carbons (Fsp3) is 0.379. The maximum atomic E-state index is 15.4. The zero-order chi connectivity index (χ0) is 29.8. The van der Waals surface area contributed by atoms with Crippen LogP contribution in [0.2, 0.25) is 0 Å². The first kappa shape index (κ1) is 29.0. The highest BCUT2D eigenvalue weighted by molar-refractivity contribution is 5.86. The summed E-state index contributed by atoms with van der Waals surface area (Å²) < 4.78 is 56.4. The number of aryl methyl sites for hydroxylation is 1. The Balaban J connectivity index is 1.23. The zero-order valence-electron chi connectivity index (χ0n) is 23.3. The molecule has 4 aromatic rings. The number of carbonyl (C=O) groups is 2. The fourth-order valence-corrected chi connectivity index (χ4v) is 4.70. The molecule has 42 heavy (non-hydrogen) atoms. The molecule has 1 unspecified atom stereocenters. The number of rotatable bonds is 12. The highest BCUT2D eigenvalue weighted by atomic mass is 19.1. The Labute approximate surface area is 239 Å². The first-order valence-electron chi connectivity index (χ1n) is 13.4. The third kappa shape index (κ3) is 6.35. The molecule has 1 N–H and O–H groups in total. The summed E-state index contributed by atoms with van der Waals surface area (Å²) in [4.78, 5) is 34.8. The van der Waals surface area contributed by atoms with Gasteiger partial charge in [-0.2, -0.15) is 4.98 Å². The van der Waals surface area contributed by atoms with Crippen molar-refractivity contribution >= 4 is 40.6 Å². The van der Waals surface area contributed by atoms with Crippen molar-refractivity contribution in [3.8, 4) is 5.75 Å². The lowest BCUT2D eigenvalue weighted by Crippen LogP contribution is -2.37. The number of ether oxygens (including phenoxy) is 3. The first-order chi connectivity index (χ1) is 20.2. The molecule has 0 spiro atoms. The summed E-state index contributed by atoms with van der Waals surface area (Å²) in [7, 11) is 2.76. The normalized spacial score (nSPS) is 15.6. The Morgan fingerprint density at radius 2 is 2.02 bits per heavy atom. The number of nitrogens with zero attached hydrogens (tertiary/aromatic N) is 3. The highest BCUT2D eigenvalue weighted by Crippen LogP contribution is 2.32. The molecule has 0 saturated carbocycles. The first-order valence-corrected chi connectivity index (χ1v) is 13.4. The Kier molecular flexibility index (Phi) is 8.67. The molecule has 11 nitrogen and oxygen atoms in total. The van der Waals surface area contributed by atoms with Crippen LogP contribution in [0.1, 0.15) is 37.5 Å². The second kappa shape index (κ2) is 12.6. The number of fused-ring (bicyclic) bond motifs is 1. The van der Waals surface area contributed by atoms with Crippen molar-refractivity contribution in [3.63, 3.8) is 0 Å². The lowest BCUT2D eigenvalue weighted by atomic mass is 10.0. The van der Waals surface area contributed by atoms with Crippen LogP contribution in [0.5, 0.6) is 5.75 Å². The van der Waals surface area contributed by atoms with Crippen LogP contribution in [0, 0.1) is 11.6 Å². The molecule has 0 radical (unpaired) electrons. The number of oxazole rings is 2. The fourth-order valence-electron chi connectivity index (χ4n) is 4.70. The summed E-state index contributed by atoms with van der Waals surface area (Å²) in [5, 5.41) is 2.80. The van der Waals surface area contributed by atoms with Crippen molar-refractivity contribution in [2.45, 2.75) is 51.4 Å². The summed E-state index contributed by atoms with van der Waals surface area (Å²) >= 11 is 0. The molecule has 13 heteroatoms. The number of benzene rings is 2. The van der Waals surface area contributed by atoms with Crippen LogP contribution in [-0.2, 0) is 31.9 Å². The van der Waals surface area contributed by atoms with Gasteiger partial charge in [0.2, 0.25) is 0 Å². The summed E-state index contributed by atoms with van der Waals surface area (Å²) in [5.41, 5.74) is 0.471. The second-order valence-corrected chi connectivity index (χ2v) is 9.77. The molecule has 0 aliphatic carbocycles. The van der Waals surface area contributed by atoms with E-state index in [4.69, 9.17) is 18.3 Å². The number of ketones is 1. The molecular formula is C29H30F2N4O7. The maximum Gasteiger partial charge on any atom is 0.305 e. The van der Waals surface area contributed by atoms with E-state index in [0.717, 1.165) is 6.42 Å². The molecule has 2 atom stereocenters. The molecule has 1 aliphatic heterocycles. The smallest absolute Gasteiger partial charge is 0.305 e. The van der Waals surface area contributed by atoms with Crippen molar-refractivity contribution in [2.24, 2.45) is 0 Å². The molecular weight excluding hydrogens is 554 g/mol. The average molecular weight is 585 g/mol. The lowest BCUT2D eigenvalue weighted by molar-refractivity contribution is -0.140. The van der Waals surface area contributed by atoms with E-state index in [1.165, 1.54) is 38.5 Å². The number of nitrogens with one attached hydrogen (secondary N) is 1. The summed E-state index contributed by atoms with van der Waals surface area (Å²) in [6.07, 6.45) is 2.02. The average Bonchev–Trinajstić information content (AvgIpc) is 3.73. The van der Waals surface area contributed by atoms with Crippen LogP contribution in [0.4, 0.5) is 26.5 Å². The van der Waals surface area contributed by atoms with Gasteiger partial charge in [0.1, 0.15) is 35.2 Å². The van der Waals surface area contributed by atoms with E-state index in [1.54, 1.807) is 19.2 Å². The largest absolute Gasteiger partial charge is 0.495 e. The number of anilines is 3. The van der Waals surface area contributed by atoms with Crippen molar-refractivity contribution in [2.75, 3.05) is 31.0 Å². The molecule has 0 amide bonds. The Morgan fingerprint density at radius 3 is 2.81 bits per heavy atom. The molecule has 1 aliphatic rings. The number of carbonyl (C=O) groups excluding carboxylic acids is 2. The van der Waals surface area contributed by atoms with Crippen molar-refractivity contribution in [1.29, 1.82) is 0 Å². The zero-order valence-corrected chi connectivity index (χ0v) is 23.3. The van der Waals surface area contributed by atoms with Crippen LogP contribution in [-0.4, -0.2) is 54.8 Å².